The number of amides is 5. The summed E-state index contributed by atoms with van der Waals surface area (Å²) in [6.07, 6.45) is 14.5. The predicted molar refractivity (Wildman–Crippen MR) is 312 cm³/mol. The molecule has 0 unspecified atom stereocenters. The van der Waals surface area contributed by atoms with E-state index in [1.54, 1.807) is 93.5 Å². The van der Waals surface area contributed by atoms with Crippen LogP contribution < -0.4 is 66.6 Å². The molecule has 4 aromatic rings. The number of nitrogens with one attached hydrogen (secondary N) is 8. The van der Waals surface area contributed by atoms with Crippen molar-refractivity contribution in [1.29, 1.82) is 5.26 Å². The number of nitrogens with two attached hydrogens (primary N) is 1. The predicted octanol–water partition coefficient (Wildman–Crippen LogP) is 1.52. The largest absolute Gasteiger partial charge is 0.480 e. The Labute approximate surface area is 491 Å². The topological polar surface area (TPSA) is 479 Å². The summed E-state index contributed by atoms with van der Waals surface area (Å²) < 4.78 is 65.0. The molecule has 1 fully saturated rings. The molecule has 1 aliphatic rings. The molecular weight excluding hydrogens is 1170 g/mol. The van der Waals surface area contributed by atoms with E-state index in [1.165, 1.54) is 78.9 Å². The fourth-order valence-electron chi connectivity index (χ4n) is 2.67. The number of nitro groups is 1. The Hall–Kier alpha value is -8.48. The van der Waals surface area contributed by atoms with Gasteiger partial charge in [0.1, 0.15) is 17.6 Å². The highest BCUT2D eigenvalue weighted by Crippen LogP contribution is 2.28. The average Bonchev–Trinajstić information content (AvgIpc) is 3.84. The number of ether oxygens (including phenoxy) is 6. The fraction of sp³-hybridized carbons (Fsp3) is 0.535. The van der Waals surface area contributed by atoms with Gasteiger partial charge in [-0.25, -0.2) is 37.8 Å². The Balaban J connectivity index is -0.000000150. The van der Waals surface area contributed by atoms with Crippen molar-refractivity contribution in [3.63, 3.8) is 0 Å². The second-order valence-corrected chi connectivity index (χ2v) is 16.6. The lowest BCUT2D eigenvalue weighted by atomic mass is 10.4. The van der Waals surface area contributed by atoms with Crippen LogP contribution in [0.15, 0.2) is 63.2 Å². The van der Waals surface area contributed by atoms with Crippen molar-refractivity contribution in [1.82, 2.24) is 70.2 Å². The molecule has 4 aromatic heterocycles. The normalized spacial score (nSPS) is 9.77. The highest BCUT2D eigenvalue weighted by atomic mass is 32.2. The lowest BCUT2D eigenvalue weighted by Gasteiger charge is -1.95. The Morgan fingerprint density at radius 1 is 0.854 bits per heavy atom. The Kier molecular flexibility index (Phi) is 69.3. The first-order valence-electron chi connectivity index (χ1n) is 22.8. The number of hydrogen-bond donors (Lipinski definition) is 9. The molecule has 1 aliphatic carbocycles. The van der Waals surface area contributed by atoms with Crippen molar-refractivity contribution in [2.24, 2.45) is 21.7 Å². The molecule has 5 rings (SSSR count). The molecule has 0 bridgehead atoms. The Morgan fingerprint density at radius 2 is 1.41 bits per heavy atom. The molecule has 39 heteroatoms. The zero-order valence-electron chi connectivity index (χ0n) is 49.2. The van der Waals surface area contributed by atoms with E-state index in [1.807, 2.05) is 24.6 Å². The van der Waals surface area contributed by atoms with Crippen LogP contribution in [0.1, 0.15) is 40.0 Å². The standard InChI is InChI=1S/C5H6N2O.C5H9NO.C4H7N3S.C4H5NO2.C4H9NO2.C4H5NOS.C4H9NO.C3H4N2OS.C3H7NO2.C3H7NO.C2H6N4O2.C2H7NO2S/c1-8-5-4-6-2-3-7-5;1-6-5(7)4-2-3-4;1-6-4(8-2)7-3-5;1-6-4-2-3-7-5-4;1-3-7-4(6)5-2;1-6-4-2-3-7-5-4;1-3-4(6)5-2;1-6-3-2-4-7-5-3;1-4-3(5)6-2;1-3(5)4-2;1-4-2(3)5-6(7)8;1-3-6(2,4)5/h2-4H,1H3;4H,2-3H2,1H3,(H,6,7);1-2H3,(H,6,7);2-3H,1H3;3H2,1-2H3,(H,5,6);2-3H,1H3;3H2,1-2H3,(H,5,6);2H,1H3;1-2H3,(H,4,5);1-2H3,(H,4,5);1H3,(H3,3,4,5);3H,1-2H3. The number of nitrogens with zero attached hydrogens (tertiary/aromatic N) is 10. The minimum atomic E-state index is -2.91. The zero-order chi connectivity index (χ0) is 64.6. The maximum Gasteiger partial charge on any atom is 0.406 e. The van der Waals surface area contributed by atoms with E-state index in [-0.39, 0.29) is 29.8 Å². The van der Waals surface area contributed by atoms with Gasteiger partial charge in [-0.2, -0.15) is 14.0 Å². The van der Waals surface area contributed by atoms with Gasteiger partial charge >= 0.3 is 12.2 Å². The van der Waals surface area contributed by atoms with Gasteiger partial charge in [-0.3, -0.25) is 29.7 Å². The summed E-state index contributed by atoms with van der Waals surface area (Å²) in [6, 6.07) is 3.46. The highest BCUT2D eigenvalue weighted by molar-refractivity contribution is 8.13. The van der Waals surface area contributed by atoms with E-state index in [2.05, 4.69) is 99.0 Å². The smallest absolute Gasteiger partial charge is 0.406 e. The first kappa shape index (κ1) is 87.4. The maximum absolute atomic E-state index is 10.5. The SMILES string of the molecule is CCC(=O)NC.CCOC(=O)NC.CN/C(N)=N/[N+](=O)[O-].CN=C(NC#N)SC.CNC(=O)C1CC1.CNC(=O)OC.CNC(C)=O.CNS(C)(=O)=O.COc1ccon1.COc1ccsn1.COc1cnccn1.COc1cnsn1. The summed E-state index contributed by atoms with van der Waals surface area (Å²) in [5, 5.41) is 42.0. The van der Waals surface area contributed by atoms with Crippen LogP contribution in [-0.2, 0) is 33.9 Å². The lowest BCUT2D eigenvalue weighted by Crippen LogP contribution is -2.28. The molecular formula is C43H81N19O16S4. The number of carbonyl (C=O) groups excluding carboxylic acids is 5. The van der Waals surface area contributed by atoms with E-state index in [0.29, 0.717) is 47.6 Å². The first-order chi connectivity index (χ1) is 38.8. The third-order valence-corrected chi connectivity index (χ3v) is 9.35. The van der Waals surface area contributed by atoms with Crippen LogP contribution in [0.3, 0.4) is 0 Å². The number of methoxy groups -OCH3 is 5. The number of amidine groups is 1. The number of thioether (sulfide) groups is 1. The molecule has 82 heavy (non-hydrogen) atoms. The number of aliphatic imine (C=N–C) groups is 1. The van der Waals surface area contributed by atoms with Gasteiger partial charge in [-0.05, 0) is 49.8 Å². The second-order valence-electron chi connectivity index (χ2n) is 12.6. The number of nitriles is 1. The summed E-state index contributed by atoms with van der Waals surface area (Å²) in [6.45, 7) is 5.48. The van der Waals surface area contributed by atoms with Gasteiger partial charge < -0.3 is 70.6 Å². The molecule has 35 nitrogen and oxygen atoms in total. The third-order valence-electron chi connectivity index (χ3n) is 6.94. The molecule has 468 valence electrons. The number of alkyl carbamates (subject to hydrolysis) is 2. The summed E-state index contributed by atoms with van der Waals surface area (Å²) in [5.74, 6) is 2.82. The summed E-state index contributed by atoms with van der Waals surface area (Å²) >= 11 is 3.94. The van der Waals surface area contributed by atoms with Crippen LogP contribution in [-0.4, -0.2) is 194 Å². The van der Waals surface area contributed by atoms with Crippen molar-refractivity contribution < 1.29 is 70.4 Å². The number of aromatic nitrogens is 6. The molecule has 10 N–H and O–H groups in total. The number of carbonyl (C=O) groups is 5. The van der Waals surface area contributed by atoms with Crippen LogP contribution in [0.4, 0.5) is 9.59 Å². The molecule has 1 saturated carbocycles. The lowest BCUT2D eigenvalue weighted by molar-refractivity contribution is -0.485. The Morgan fingerprint density at radius 3 is 1.57 bits per heavy atom. The van der Waals surface area contributed by atoms with Gasteiger partial charge in [0.25, 0.3) is 11.8 Å². The van der Waals surface area contributed by atoms with Crippen molar-refractivity contribution in [3.05, 3.63) is 58.7 Å². The molecule has 4 heterocycles. The Bertz CT molecular complexity index is 2220. The summed E-state index contributed by atoms with van der Waals surface area (Å²) in [4.78, 5) is 70.9. The van der Waals surface area contributed by atoms with E-state index >= 15 is 0 Å². The molecule has 0 radical (unpaired) electrons. The minimum Gasteiger partial charge on any atom is -0.480 e. The molecule has 0 saturated heterocycles. The van der Waals surface area contributed by atoms with E-state index in [0.717, 1.165) is 30.8 Å². The number of sulfonamides is 1. The third kappa shape index (κ3) is 75.8. The zero-order valence-corrected chi connectivity index (χ0v) is 52.5. The fourth-order valence-corrected chi connectivity index (χ4v) is 3.86. The van der Waals surface area contributed by atoms with Crippen LogP contribution >= 0.6 is 35.0 Å². The average molecular weight is 1250 g/mol. The van der Waals surface area contributed by atoms with E-state index in [9.17, 15) is 42.5 Å². The maximum atomic E-state index is 10.5. The van der Waals surface area contributed by atoms with Gasteiger partial charge in [0.15, 0.2) is 16.4 Å². The molecule has 0 aromatic carbocycles. The number of hydrazone groups is 1. The van der Waals surface area contributed by atoms with Gasteiger partial charge in [0.2, 0.25) is 45.4 Å². The van der Waals surface area contributed by atoms with Crippen LogP contribution in [0.5, 0.6) is 23.5 Å². The van der Waals surface area contributed by atoms with Crippen molar-refractivity contribution in [3.8, 4) is 29.7 Å². The van der Waals surface area contributed by atoms with Crippen molar-refractivity contribution in [2.45, 2.75) is 40.0 Å². The van der Waals surface area contributed by atoms with Crippen molar-refractivity contribution in [2.75, 3.05) is 111 Å². The number of hydrogen-bond acceptors (Lipinski definition) is 27. The van der Waals surface area contributed by atoms with Gasteiger partial charge in [-0.1, -0.05) is 18.7 Å². The van der Waals surface area contributed by atoms with E-state index < -0.39 is 21.1 Å². The van der Waals surface area contributed by atoms with Crippen LogP contribution in [0, 0.1) is 27.5 Å². The minimum absolute atomic E-state index is 0.00463. The summed E-state index contributed by atoms with van der Waals surface area (Å²) in [7, 11) is 17.1. The van der Waals surface area contributed by atoms with Crippen molar-refractivity contribution >= 4 is 86.1 Å². The van der Waals surface area contributed by atoms with Crippen LogP contribution in [0.2, 0.25) is 0 Å². The summed E-state index contributed by atoms with van der Waals surface area (Å²) in [5.41, 5.74) is 4.87. The first-order valence-corrected chi connectivity index (χ1v) is 27.4. The second kappa shape index (κ2) is 65.0. The number of guanidine groups is 1. The van der Waals surface area contributed by atoms with Gasteiger partial charge in [0.05, 0.1) is 66.3 Å². The molecule has 0 atom stereocenters. The quantitative estimate of drug-likeness (QED) is 0.0286. The monoisotopic (exact) mass is 1250 g/mol. The molecule has 0 spiro atoms. The molecule has 0 aliphatic heterocycles. The highest BCUT2D eigenvalue weighted by Gasteiger charge is 2.28. The van der Waals surface area contributed by atoms with Crippen LogP contribution in [0.25, 0.3) is 0 Å². The molecule has 5 amide bonds. The number of rotatable bonds is 9. The van der Waals surface area contributed by atoms with Gasteiger partial charge in [-0.15, -0.1) is 4.37 Å². The van der Waals surface area contributed by atoms with Gasteiger partial charge in [0, 0.05) is 98.5 Å². The van der Waals surface area contributed by atoms with E-state index in [4.69, 9.17) is 25.2 Å².